The van der Waals surface area contributed by atoms with Crippen molar-refractivity contribution in [2.45, 2.75) is 4.90 Å². The zero-order valence-corrected chi connectivity index (χ0v) is 10.6. The van der Waals surface area contributed by atoms with Gasteiger partial charge in [-0.25, -0.2) is 13.1 Å². The van der Waals surface area contributed by atoms with Gasteiger partial charge in [0.2, 0.25) is 15.9 Å². The molecule has 0 fully saturated rings. The molecule has 0 aliphatic heterocycles. The summed E-state index contributed by atoms with van der Waals surface area (Å²) in [5.74, 6) is -1.20. The van der Waals surface area contributed by atoms with Crippen LogP contribution in [-0.2, 0) is 14.8 Å². The first-order chi connectivity index (χ1) is 8.77. The number of nitro benzene ring substituents is 1. The van der Waals surface area contributed by atoms with E-state index in [4.69, 9.17) is 0 Å². The first-order valence-electron chi connectivity index (χ1n) is 4.95. The maximum atomic E-state index is 11.7. The molecule has 10 heteroatoms. The van der Waals surface area contributed by atoms with Crippen molar-refractivity contribution in [1.29, 1.82) is 0 Å². The molecule has 0 heterocycles. The van der Waals surface area contributed by atoms with Gasteiger partial charge < -0.3 is 10.4 Å². The molecule has 0 spiro atoms. The van der Waals surface area contributed by atoms with Gasteiger partial charge in [0.25, 0.3) is 0 Å². The smallest absolute Gasteiger partial charge is 0.312 e. The monoisotopic (exact) mass is 289 g/mol. The summed E-state index contributed by atoms with van der Waals surface area (Å²) in [5, 5.41) is 22.0. The van der Waals surface area contributed by atoms with Crippen LogP contribution in [0.5, 0.6) is 5.75 Å². The molecule has 9 nitrogen and oxygen atoms in total. The summed E-state index contributed by atoms with van der Waals surface area (Å²) in [7, 11) is -2.73. The van der Waals surface area contributed by atoms with Gasteiger partial charge in [0.1, 0.15) is 0 Å². The number of benzene rings is 1. The largest absolute Gasteiger partial charge is 0.502 e. The Bertz CT molecular complexity index is 612. The van der Waals surface area contributed by atoms with Crippen LogP contribution in [-0.4, -0.2) is 37.9 Å². The van der Waals surface area contributed by atoms with Crippen molar-refractivity contribution in [1.82, 2.24) is 10.0 Å². The minimum Gasteiger partial charge on any atom is -0.502 e. The lowest BCUT2D eigenvalue weighted by Gasteiger charge is -2.06. The molecule has 0 radical (unpaired) electrons. The molecule has 1 aromatic rings. The Kier molecular flexibility index (Phi) is 4.40. The second-order valence-electron chi connectivity index (χ2n) is 3.41. The van der Waals surface area contributed by atoms with Crippen LogP contribution >= 0.6 is 0 Å². The van der Waals surface area contributed by atoms with E-state index < -0.39 is 43.7 Å². The molecule has 0 aliphatic rings. The van der Waals surface area contributed by atoms with Crippen LogP contribution < -0.4 is 10.0 Å². The minimum absolute atomic E-state index is 0.416. The maximum Gasteiger partial charge on any atom is 0.312 e. The van der Waals surface area contributed by atoms with Gasteiger partial charge in [-0.3, -0.25) is 14.9 Å². The third-order valence-electron chi connectivity index (χ3n) is 2.16. The summed E-state index contributed by atoms with van der Waals surface area (Å²) in [6, 6.07) is 2.60. The van der Waals surface area contributed by atoms with Crippen molar-refractivity contribution in [3.05, 3.63) is 28.3 Å². The van der Waals surface area contributed by atoms with E-state index in [1.807, 2.05) is 4.72 Å². The Morgan fingerprint density at radius 1 is 1.47 bits per heavy atom. The molecule has 1 amide bonds. The van der Waals surface area contributed by atoms with Gasteiger partial charge >= 0.3 is 5.69 Å². The Morgan fingerprint density at radius 3 is 2.63 bits per heavy atom. The summed E-state index contributed by atoms with van der Waals surface area (Å²) in [6.07, 6.45) is 0. The summed E-state index contributed by atoms with van der Waals surface area (Å²) in [5.41, 5.74) is -0.734. The number of rotatable bonds is 5. The van der Waals surface area contributed by atoms with Crippen molar-refractivity contribution in [2.75, 3.05) is 13.6 Å². The highest BCUT2D eigenvalue weighted by Gasteiger charge is 2.21. The Hall–Kier alpha value is -2.20. The van der Waals surface area contributed by atoms with Crippen molar-refractivity contribution in [3.8, 4) is 5.75 Å². The molecule has 19 heavy (non-hydrogen) atoms. The average molecular weight is 289 g/mol. The first kappa shape index (κ1) is 14.9. The number of sulfonamides is 1. The number of nitrogens with one attached hydrogen (secondary N) is 2. The van der Waals surface area contributed by atoms with Crippen molar-refractivity contribution < 1.29 is 23.2 Å². The van der Waals surface area contributed by atoms with Crippen LogP contribution in [0.15, 0.2) is 23.1 Å². The van der Waals surface area contributed by atoms with E-state index >= 15 is 0 Å². The Labute approximate surface area is 108 Å². The Balaban J connectivity index is 3.05. The van der Waals surface area contributed by atoms with E-state index in [1.54, 1.807) is 0 Å². The van der Waals surface area contributed by atoms with E-state index in [0.29, 0.717) is 6.07 Å². The SMILES string of the molecule is CNC(=O)CNS(=O)(=O)c1ccc(O)c([N+](=O)[O-])c1. The Morgan fingerprint density at radius 2 is 2.11 bits per heavy atom. The van der Waals surface area contributed by atoms with Gasteiger partial charge in [-0.05, 0) is 12.1 Å². The molecule has 1 aromatic carbocycles. The molecule has 104 valence electrons. The van der Waals surface area contributed by atoms with Crippen molar-refractivity contribution >= 4 is 21.6 Å². The van der Waals surface area contributed by atoms with Gasteiger partial charge in [-0.1, -0.05) is 0 Å². The van der Waals surface area contributed by atoms with Crippen LogP contribution in [0, 0.1) is 10.1 Å². The highest BCUT2D eigenvalue weighted by molar-refractivity contribution is 7.89. The molecular weight excluding hydrogens is 278 g/mol. The minimum atomic E-state index is -4.06. The highest BCUT2D eigenvalue weighted by atomic mass is 32.2. The number of nitro groups is 1. The summed E-state index contributed by atoms with van der Waals surface area (Å²) < 4.78 is 25.5. The van der Waals surface area contributed by atoms with Crippen molar-refractivity contribution in [3.63, 3.8) is 0 Å². The third-order valence-corrected chi connectivity index (χ3v) is 3.55. The van der Waals surface area contributed by atoms with Crippen LogP contribution in [0.25, 0.3) is 0 Å². The third kappa shape index (κ3) is 3.63. The number of carbonyl (C=O) groups is 1. The average Bonchev–Trinajstić information content (AvgIpc) is 2.35. The number of phenolic OH excluding ortho intramolecular Hbond substituents is 1. The topological polar surface area (TPSA) is 139 Å². The van der Waals surface area contributed by atoms with Crippen LogP contribution in [0.2, 0.25) is 0 Å². The quantitative estimate of drug-likeness (QED) is 0.485. The second-order valence-corrected chi connectivity index (χ2v) is 5.17. The van der Waals surface area contributed by atoms with Crippen molar-refractivity contribution in [2.24, 2.45) is 0 Å². The van der Waals surface area contributed by atoms with Gasteiger partial charge in [-0.15, -0.1) is 0 Å². The zero-order valence-electron chi connectivity index (χ0n) is 9.78. The van der Waals surface area contributed by atoms with Crippen LogP contribution in [0.4, 0.5) is 5.69 Å². The van der Waals surface area contributed by atoms with E-state index in [1.165, 1.54) is 7.05 Å². The van der Waals surface area contributed by atoms with E-state index in [-0.39, 0.29) is 0 Å². The summed E-state index contributed by atoms with van der Waals surface area (Å²) in [4.78, 5) is 20.2. The molecule has 0 atom stereocenters. The lowest BCUT2D eigenvalue weighted by Crippen LogP contribution is -2.35. The molecule has 0 saturated heterocycles. The number of aromatic hydroxyl groups is 1. The van der Waals surface area contributed by atoms with Gasteiger partial charge in [0.05, 0.1) is 16.4 Å². The number of likely N-dealkylation sites (N-methyl/N-ethyl adjacent to an activating group) is 1. The van der Waals surface area contributed by atoms with Crippen LogP contribution in [0.1, 0.15) is 0 Å². The van der Waals surface area contributed by atoms with Crippen LogP contribution in [0.3, 0.4) is 0 Å². The fourth-order valence-electron chi connectivity index (χ4n) is 1.15. The maximum absolute atomic E-state index is 11.7. The second kappa shape index (κ2) is 5.63. The molecule has 0 unspecified atom stereocenters. The molecule has 0 bridgehead atoms. The molecule has 0 saturated carbocycles. The molecule has 1 rings (SSSR count). The summed E-state index contributed by atoms with van der Waals surface area (Å²) >= 11 is 0. The van der Waals surface area contributed by atoms with Gasteiger partial charge in [-0.2, -0.15) is 0 Å². The summed E-state index contributed by atoms with van der Waals surface area (Å²) in [6.45, 7) is -0.493. The van der Waals surface area contributed by atoms with E-state index in [0.717, 1.165) is 12.1 Å². The molecular formula is C9H11N3O6S. The lowest BCUT2D eigenvalue weighted by atomic mass is 10.3. The van der Waals surface area contributed by atoms with Gasteiger partial charge in [0.15, 0.2) is 5.75 Å². The number of amides is 1. The highest BCUT2D eigenvalue weighted by Crippen LogP contribution is 2.27. The zero-order chi connectivity index (χ0) is 14.6. The predicted molar refractivity (Wildman–Crippen MR) is 64.0 cm³/mol. The molecule has 3 N–H and O–H groups in total. The lowest BCUT2D eigenvalue weighted by molar-refractivity contribution is -0.386. The first-order valence-corrected chi connectivity index (χ1v) is 6.44. The fourth-order valence-corrected chi connectivity index (χ4v) is 2.15. The standard InChI is InChI=1S/C9H11N3O6S/c1-10-9(14)5-11-19(17,18)6-2-3-8(13)7(4-6)12(15)16/h2-4,11,13H,5H2,1H3,(H,10,14). The number of hydrogen-bond donors (Lipinski definition) is 3. The van der Waals surface area contributed by atoms with Gasteiger partial charge in [0, 0.05) is 13.1 Å². The normalized spacial score (nSPS) is 11.0. The molecule has 0 aromatic heterocycles. The number of nitrogens with zero attached hydrogens (tertiary/aromatic N) is 1. The predicted octanol–water partition coefficient (Wildman–Crippen LogP) is -0.675. The van der Waals surface area contributed by atoms with E-state index in [9.17, 15) is 28.4 Å². The van der Waals surface area contributed by atoms with E-state index in [2.05, 4.69) is 5.32 Å². The number of carbonyl (C=O) groups excluding carboxylic acids is 1. The fraction of sp³-hybridized carbons (Fsp3) is 0.222. The number of phenols is 1. The molecule has 0 aliphatic carbocycles. The number of hydrogen-bond acceptors (Lipinski definition) is 6.